The summed E-state index contributed by atoms with van der Waals surface area (Å²) in [6.07, 6.45) is 5.76. The number of oxazole rings is 1. The smallest absolute Gasteiger partial charge is 0.248 e. The third-order valence-electron chi connectivity index (χ3n) is 4.24. The Hall–Kier alpha value is -1.14. The third kappa shape index (κ3) is 1.85. The van der Waals surface area contributed by atoms with Gasteiger partial charge >= 0.3 is 0 Å². The number of fused-ring (bicyclic) bond motifs is 5. The lowest BCUT2D eigenvalue weighted by atomic mass is 10.0. The van der Waals surface area contributed by atoms with Crippen LogP contribution < -0.4 is 4.90 Å². The van der Waals surface area contributed by atoms with Crippen LogP contribution in [0.1, 0.15) is 12.8 Å². The molecule has 3 saturated heterocycles. The molecule has 0 saturated carbocycles. The van der Waals surface area contributed by atoms with Crippen molar-refractivity contribution in [1.29, 1.82) is 0 Å². The molecule has 0 amide bonds. The van der Waals surface area contributed by atoms with Gasteiger partial charge < -0.3 is 14.2 Å². The summed E-state index contributed by atoms with van der Waals surface area (Å²) >= 11 is 3.63. The summed E-state index contributed by atoms with van der Waals surface area (Å²) in [5.74, 6) is 0. The fourth-order valence-corrected chi connectivity index (χ4v) is 3.76. The van der Waals surface area contributed by atoms with Gasteiger partial charge in [-0.2, -0.15) is 0 Å². The first-order valence-electron chi connectivity index (χ1n) is 6.69. The van der Waals surface area contributed by atoms with E-state index in [9.17, 15) is 0 Å². The third-order valence-corrected chi connectivity index (χ3v) is 4.82. The predicted octanol–water partition coefficient (Wildman–Crippen LogP) is 2.27. The minimum absolute atomic E-state index is 0.609. The molecule has 3 aliphatic heterocycles. The maximum absolute atomic E-state index is 5.33. The number of anilines is 1. The molecule has 2 aromatic heterocycles. The first-order valence-corrected chi connectivity index (χ1v) is 7.49. The zero-order valence-electron chi connectivity index (χ0n) is 10.5. The molecule has 0 unspecified atom stereocenters. The van der Waals surface area contributed by atoms with E-state index in [-0.39, 0.29) is 0 Å². The van der Waals surface area contributed by atoms with Crippen LogP contribution in [0.3, 0.4) is 0 Å². The quantitative estimate of drug-likeness (QED) is 0.806. The normalized spacial score (nSPS) is 26.9. The van der Waals surface area contributed by atoms with E-state index in [1.54, 1.807) is 0 Å². The predicted molar refractivity (Wildman–Crippen MR) is 76.3 cm³/mol. The molecule has 0 spiro atoms. The minimum atomic E-state index is 0.609. The fourth-order valence-electron chi connectivity index (χ4n) is 3.24. The number of aromatic nitrogens is 2. The van der Waals surface area contributed by atoms with Gasteiger partial charge in [0.05, 0.1) is 10.2 Å². The molecule has 0 aromatic carbocycles. The average Bonchev–Trinajstić information content (AvgIpc) is 2.72. The lowest BCUT2D eigenvalue weighted by molar-refractivity contribution is 0.250. The van der Waals surface area contributed by atoms with E-state index in [2.05, 4.69) is 35.7 Å². The van der Waals surface area contributed by atoms with Crippen molar-refractivity contribution >= 4 is 32.8 Å². The highest BCUT2D eigenvalue weighted by Crippen LogP contribution is 2.36. The van der Waals surface area contributed by atoms with Gasteiger partial charge in [-0.3, -0.25) is 0 Å². The molecule has 5 heterocycles. The largest absolute Gasteiger partial charge is 0.425 e. The Morgan fingerprint density at radius 2 is 2.00 bits per heavy atom. The number of piperidine rings is 1. The van der Waals surface area contributed by atoms with Crippen molar-refractivity contribution < 1.29 is 4.42 Å². The molecule has 6 heteroatoms. The van der Waals surface area contributed by atoms with Crippen molar-refractivity contribution in [3.8, 4) is 0 Å². The van der Waals surface area contributed by atoms with Gasteiger partial charge in [-0.05, 0) is 28.8 Å². The van der Waals surface area contributed by atoms with Crippen LogP contribution in [0.25, 0.3) is 11.2 Å². The molecule has 19 heavy (non-hydrogen) atoms. The highest BCUT2D eigenvalue weighted by Gasteiger charge is 2.31. The van der Waals surface area contributed by atoms with Gasteiger partial charge in [0.25, 0.3) is 0 Å². The van der Waals surface area contributed by atoms with Crippen LogP contribution in [0.4, 0.5) is 5.69 Å². The number of pyridine rings is 1. The van der Waals surface area contributed by atoms with E-state index in [0.717, 1.165) is 28.8 Å². The molecular formula is C13H15BrN4O. The Kier molecular flexibility index (Phi) is 2.73. The molecule has 100 valence electrons. The Bertz CT molecular complexity index is 606. The van der Waals surface area contributed by atoms with Crippen LogP contribution in [0, 0.1) is 0 Å². The number of halogens is 1. The second kappa shape index (κ2) is 4.45. The molecule has 2 aromatic rings. The van der Waals surface area contributed by atoms with E-state index < -0.39 is 0 Å². The lowest BCUT2D eigenvalue weighted by Crippen LogP contribution is -2.38. The molecule has 3 aliphatic rings. The summed E-state index contributed by atoms with van der Waals surface area (Å²) in [7, 11) is 0. The van der Waals surface area contributed by atoms with E-state index in [1.165, 1.54) is 32.3 Å². The summed E-state index contributed by atoms with van der Waals surface area (Å²) < 4.78 is 6.34. The van der Waals surface area contributed by atoms with E-state index in [4.69, 9.17) is 4.42 Å². The molecule has 5 rings (SSSR count). The van der Waals surface area contributed by atoms with E-state index in [1.807, 2.05) is 6.20 Å². The monoisotopic (exact) mass is 322 g/mol. The highest BCUT2D eigenvalue weighted by molar-refractivity contribution is 9.10. The van der Waals surface area contributed by atoms with Gasteiger partial charge in [0.1, 0.15) is 0 Å². The molecule has 5 nitrogen and oxygen atoms in total. The van der Waals surface area contributed by atoms with Crippen LogP contribution in [-0.4, -0.2) is 47.1 Å². The molecule has 0 radical (unpaired) electrons. The maximum atomic E-state index is 5.33. The SMILES string of the molecule is Brc1cnc2ocnc2c1N1CCN2CCC1CC2. The summed E-state index contributed by atoms with van der Waals surface area (Å²) in [5.41, 5.74) is 2.64. The standard InChI is InChI=1S/C13H15BrN4O/c14-10-7-15-13-11(16-8-19-13)12(10)18-6-5-17-3-1-9(18)2-4-17/h7-9H,1-6H2. The molecule has 3 fully saturated rings. The average molecular weight is 323 g/mol. The van der Waals surface area contributed by atoms with E-state index in [0.29, 0.717) is 11.8 Å². The molecule has 0 aliphatic carbocycles. The second-order valence-electron chi connectivity index (χ2n) is 5.23. The van der Waals surface area contributed by atoms with Crippen molar-refractivity contribution in [2.75, 3.05) is 31.1 Å². The Morgan fingerprint density at radius 1 is 1.16 bits per heavy atom. The summed E-state index contributed by atoms with van der Waals surface area (Å²) in [5, 5.41) is 0. The van der Waals surface area contributed by atoms with Gasteiger partial charge in [0.2, 0.25) is 5.71 Å². The van der Waals surface area contributed by atoms with Crippen molar-refractivity contribution in [2.45, 2.75) is 18.9 Å². The first kappa shape index (κ1) is 11.7. The van der Waals surface area contributed by atoms with Crippen molar-refractivity contribution in [3.63, 3.8) is 0 Å². The van der Waals surface area contributed by atoms with E-state index >= 15 is 0 Å². The summed E-state index contributed by atoms with van der Waals surface area (Å²) in [4.78, 5) is 13.7. The van der Waals surface area contributed by atoms with Gasteiger partial charge in [-0.25, -0.2) is 9.97 Å². The van der Waals surface area contributed by atoms with Crippen LogP contribution in [-0.2, 0) is 0 Å². The van der Waals surface area contributed by atoms with Crippen LogP contribution in [0.5, 0.6) is 0 Å². The zero-order chi connectivity index (χ0) is 12.8. The van der Waals surface area contributed by atoms with Crippen molar-refractivity contribution in [2.24, 2.45) is 0 Å². The Morgan fingerprint density at radius 3 is 2.84 bits per heavy atom. The number of hydrogen-bond donors (Lipinski definition) is 0. The Balaban J connectivity index is 1.84. The maximum Gasteiger partial charge on any atom is 0.248 e. The zero-order valence-corrected chi connectivity index (χ0v) is 12.1. The topological polar surface area (TPSA) is 45.4 Å². The molecular weight excluding hydrogens is 308 g/mol. The van der Waals surface area contributed by atoms with Crippen LogP contribution in [0.2, 0.25) is 0 Å². The highest BCUT2D eigenvalue weighted by atomic mass is 79.9. The molecule has 0 N–H and O–H groups in total. The van der Waals surface area contributed by atoms with Crippen LogP contribution in [0.15, 0.2) is 21.5 Å². The molecule has 2 bridgehead atoms. The summed E-state index contributed by atoms with van der Waals surface area (Å²) in [6.45, 7) is 4.61. The van der Waals surface area contributed by atoms with Gasteiger partial charge in [0.15, 0.2) is 11.9 Å². The Labute approximate surface area is 119 Å². The van der Waals surface area contributed by atoms with Crippen LogP contribution >= 0.6 is 15.9 Å². The first-order chi connectivity index (χ1) is 9.33. The van der Waals surface area contributed by atoms with Gasteiger partial charge in [-0.15, -0.1) is 0 Å². The number of rotatable bonds is 1. The van der Waals surface area contributed by atoms with Crippen molar-refractivity contribution in [3.05, 3.63) is 17.1 Å². The minimum Gasteiger partial charge on any atom is -0.425 e. The second-order valence-corrected chi connectivity index (χ2v) is 6.08. The van der Waals surface area contributed by atoms with Gasteiger partial charge in [0, 0.05) is 38.4 Å². The lowest BCUT2D eigenvalue weighted by Gasteiger charge is -2.33. The molecule has 0 atom stereocenters. The summed E-state index contributed by atoms with van der Waals surface area (Å²) in [6, 6.07) is 0.609. The number of nitrogens with zero attached hydrogens (tertiary/aromatic N) is 4. The van der Waals surface area contributed by atoms with Gasteiger partial charge in [-0.1, -0.05) is 0 Å². The number of hydrogen-bond acceptors (Lipinski definition) is 5. The fraction of sp³-hybridized carbons (Fsp3) is 0.538. The van der Waals surface area contributed by atoms with Crippen molar-refractivity contribution in [1.82, 2.24) is 14.9 Å².